The summed E-state index contributed by atoms with van der Waals surface area (Å²) in [6.45, 7) is 4.09. The van der Waals surface area contributed by atoms with Crippen LogP contribution >= 0.6 is 27.7 Å². The van der Waals surface area contributed by atoms with E-state index in [0.717, 1.165) is 34.4 Å². The van der Waals surface area contributed by atoms with Crippen molar-refractivity contribution in [3.05, 3.63) is 34.1 Å². The standard InChI is InChI=1S/C14H16BrN3O2S/c1-3-5-11-16-17-14(21-8-12(19)20)18(11)10-7-4-6-9(2)13(10)15/h4,6-7H,3,5,8H2,1-2H3,(H,19,20). The van der Waals surface area contributed by atoms with Gasteiger partial charge in [-0.25, -0.2) is 0 Å². The Morgan fingerprint density at radius 1 is 1.43 bits per heavy atom. The second-order valence-electron chi connectivity index (χ2n) is 4.57. The molecule has 0 radical (unpaired) electrons. The van der Waals surface area contributed by atoms with E-state index >= 15 is 0 Å². The van der Waals surface area contributed by atoms with Crippen LogP contribution in [0.2, 0.25) is 0 Å². The summed E-state index contributed by atoms with van der Waals surface area (Å²) in [5, 5.41) is 17.8. The number of nitrogens with zero attached hydrogens (tertiary/aromatic N) is 3. The first-order chi connectivity index (χ1) is 10.0. The van der Waals surface area contributed by atoms with E-state index in [-0.39, 0.29) is 5.75 Å². The molecule has 0 spiro atoms. The second kappa shape index (κ2) is 7.09. The number of carbonyl (C=O) groups is 1. The molecule has 0 unspecified atom stereocenters. The van der Waals surface area contributed by atoms with Crippen molar-refractivity contribution in [1.82, 2.24) is 14.8 Å². The Bertz CT molecular complexity index is 658. The number of thioether (sulfide) groups is 1. The third-order valence-electron chi connectivity index (χ3n) is 2.91. The topological polar surface area (TPSA) is 68.0 Å². The second-order valence-corrected chi connectivity index (χ2v) is 6.31. The largest absolute Gasteiger partial charge is 0.481 e. The third kappa shape index (κ3) is 3.65. The molecule has 2 aromatic rings. The molecule has 0 aliphatic heterocycles. The van der Waals surface area contributed by atoms with Crippen LogP contribution in [-0.4, -0.2) is 31.6 Å². The molecule has 1 N–H and O–H groups in total. The average Bonchev–Trinajstić information content (AvgIpc) is 2.83. The highest BCUT2D eigenvalue weighted by atomic mass is 79.9. The Morgan fingerprint density at radius 2 is 2.19 bits per heavy atom. The van der Waals surface area contributed by atoms with Gasteiger partial charge in [0.25, 0.3) is 0 Å². The zero-order valence-corrected chi connectivity index (χ0v) is 14.2. The fourth-order valence-electron chi connectivity index (χ4n) is 1.95. The lowest BCUT2D eigenvalue weighted by atomic mass is 10.2. The van der Waals surface area contributed by atoms with E-state index in [0.29, 0.717) is 5.16 Å². The molecule has 0 aliphatic rings. The number of rotatable bonds is 6. The van der Waals surface area contributed by atoms with Crippen LogP contribution in [0.3, 0.4) is 0 Å². The molecule has 1 aromatic heterocycles. The molecule has 1 aromatic carbocycles. The highest BCUT2D eigenvalue weighted by Crippen LogP contribution is 2.29. The van der Waals surface area contributed by atoms with Crippen molar-refractivity contribution in [2.24, 2.45) is 0 Å². The summed E-state index contributed by atoms with van der Waals surface area (Å²) in [5.41, 5.74) is 2.05. The highest BCUT2D eigenvalue weighted by molar-refractivity contribution is 9.10. The molecule has 2 rings (SSSR count). The van der Waals surface area contributed by atoms with E-state index < -0.39 is 5.97 Å². The Hall–Kier alpha value is -1.34. The maximum Gasteiger partial charge on any atom is 0.313 e. The van der Waals surface area contributed by atoms with Crippen molar-refractivity contribution in [2.75, 3.05) is 5.75 Å². The molecule has 0 aliphatic carbocycles. The lowest BCUT2D eigenvalue weighted by molar-refractivity contribution is -0.133. The van der Waals surface area contributed by atoms with Crippen LogP contribution in [0.5, 0.6) is 0 Å². The van der Waals surface area contributed by atoms with Gasteiger partial charge in [-0.2, -0.15) is 0 Å². The van der Waals surface area contributed by atoms with Crippen molar-refractivity contribution in [2.45, 2.75) is 31.8 Å². The zero-order valence-electron chi connectivity index (χ0n) is 11.8. The molecular formula is C14H16BrN3O2S. The van der Waals surface area contributed by atoms with E-state index in [4.69, 9.17) is 5.11 Å². The summed E-state index contributed by atoms with van der Waals surface area (Å²) >= 11 is 4.78. The van der Waals surface area contributed by atoms with Crippen LogP contribution in [0, 0.1) is 6.92 Å². The van der Waals surface area contributed by atoms with Crippen LogP contribution < -0.4 is 0 Å². The van der Waals surface area contributed by atoms with Crippen LogP contribution in [0.15, 0.2) is 27.8 Å². The van der Waals surface area contributed by atoms with Gasteiger partial charge >= 0.3 is 5.97 Å². The van der Waals surface area contributed by atoms with Gasteiger partial charge in [-0.05, 0) is 40.9 Å². The Kier molecular flexibility index (Phi) is 5.41. The summed E-state index contributed by atoms with van der Waals surface area (Å²) < 4.78 is 2.91. The minimum absolute atomic E-state index is 0.0340. The summed E-state index contributed by atoms with van der Waals surface area (Å²) in [7, 11) is 0. The van der Waals surface area contributed by atoms with E-state index in [1.54, 1.807) is 0 Å². The maximum atomic E-state index is 10.8. The molecule has 0 amide bonds. The van der Waals surface area contributed by atoms with Crippen molar-refractivity contribution >= 4 is 33.7 Å². The lowest BCUT2D eigenvalue weighted by Crippen LogP contribution is -2.06. The molecular weight excluding hydrogens is 354 g/mol. The number of aromatic nitrogens is 3. The minimum Gasteiger partial charge on any atom is -0.481 e. The number of carboxylic acid groups (broad SMARTS) is 1. The van der Waals surface area contributed by atoms with E-state index in [1.807, 2.05) is 29.7 Å². The quantitative estimate of drug-likeness (QED) is 0.789. The SMILES string of the molecule is CCCc1nnc(SCC(=O)O)n1-c1cccc(C)c1Br. The Morgan fingerprint density at radius 3 is 2.86 bits per heavy atom. The highest BCUT2D eigenvalue weighted by Gasteiger charge is 2.17. The van der Waals surface area contributed by atoms with Crippen LogP contribution in [0.4, 0.5) is 0 Å². The number of aliphatic carboxylic acids is 1. The van der Waals surface area contributed by atoms with Crippen LogP contribution in [0.1, 0.15) is 24.7 Å². The van der Waals surface area contributed by atoms with Gasteiger partial charge in [-0.15, -0.1) is 10.2 Å². The number of halogens is 1. The van der Waals surface area contributed by atoms with Gasteiger partial charge < -0.3 is 5.11 Å². The minimum atomic E-state index is -0.866. The van der Waals surface area contributed by atoms with Crippen molar-refractivity contribution < 1.29 is 9.90 Å². The summed E-state index contributed by atoms with van der Waals surface area (Å²) in [6, 6.07) is 5.96. The monoisotopic (exact) mass is 369 g/mol. The molecule has 0 saturated carbocycles. The number of hydrogen-bond donors (Lipinski definition) is 1. The zero-order chi connectivity index (χ0) is 15.4. The summed E-state index contributed by atoms with van der Waals surface area (Å²) in [5.74, 6) is -0.0557. The predicted molar refractivity (Wildman–Crippen MR) is 86.2 cm³/mol. The first-order valence-corrected chi connectivity index (χ1v) is 8.36. The number of aryl methyl sites for hydroxylation is 2. The Labute approximate surface area is 135 Å². The normalized spacial score (nSPS) is 10.8. The van der Waals surface area contributed by atoms with E-state index in [2.05, 4.69) is 33.1 Å². The van der Waals surface area contributed by atoms with Gasteiger partial charge in [0.15, 0.2) is 5.16 Å². The first kappa shape index (κ1) is 16.0. The molecule has 0 bridgehead atoms. The molecule has 0 atom stereocenters. The summed E-state index contributed by atoms with van der Waals surface area (Å²) in [4.78, 5) is 10.8. The molecule has 1 heterocycles. The van der Waals surface area contributed by atoms with Gasteiger partial charge in [-0.1, -0.05) is 30.8 Å². The number of hydrogen-bond acceptors (Lipinski definition) is 4. The van der Waals surface area contributed by atoms with Gasteiger partial charge in [-0.3, -0.25) is 9.36 Å². The smallest absolute Gasteiger partial charge is 0.313 e. The molecule has 112 valence electrons. The lowest BCUT2D eigenvalue weighted by Gasteiger charge is -2.12. The number of carboxylic acids is 1. The van der Waals surface area contributed by atoms with Gasteiger partial charge in [0, 0.05) is 10.9 Å². The molecule has 0 saturated heterocycles. The molecule has 7 heteroatoms. The van der Waals surface area contributed by atoms with Crippen LogP contribution in [-0.2, 0) is 11.2 Å². The van der Waals surface area contributed by atoms with Gasteiger partial charge in [0.05, 0.1) is 11.4 Å². The van der Waals surface area contributed by atoms with Crippen molar-refractivity contribution in [3.63, 3.8) is 0 Å². The van der Waals surface area contributed by atoms with Crippen LogP contribution in [0.25, 0.3) is 5.69 Å². The molecule has 21 heavy (non-hydrogen) atoms. The average molecular weight is 370 g/mol. The van der Waals surface area contributed by atoms with Gasteiger partial charge in [0.2, 0.25) is 0 Å². The predicted octanol–water partition coefficient (Wildman–Crippen LogP) is 3.47. The van der Waals surface area contributed by atoms with E-state index in [9.17, 15) is 4.79 Å². The fourth-order valence-corrected chi connectivity index (χ4v) is 3.08. The summed E-state index contributed by atoms with van der Waals surface area (Å²) in [6.07, 6.45) is 1.74. The van der Waals surface area contributed by atoms with Crippen molar-refractivity contribution in [3.8, 4) is 5.69 Å². The third-order valence-corrected chi connectivity index (χ3v) is 4.86. The first-order valence-electron chi connectivity index (χ1n) is 6.59. The van der Waals surface area contributed by atoms with Crippen molar-refractivity contribution in [1.29, 1.82) is 0 Å². The number of benzene rings is 1. The molecule has 0 fully saturated rings. The van der Waals surface area contributed by atoms with Gasteiger partial charge in [0.1, 0.15) is 5.82 Å². The Balaban J connectivity index is 2.50. The van der Waals surface area contributed by atoms with E-state index in [1.165, 1.54) is 11.8 Å². The fraction of sp³-hybridized carbons (Fsp3) is 0.357. The molecule has 5 nitrogen and oxygen atoms in total. The maximum absolute atomic E-state index is 10.8.